The van der Waals surface area contributed by atoms with Gasteiger partial charge in [0, 0.05) is 24.4 Å². The molecule has 5 nitrogen and oxygen atoms in total. The van der Waals surface area contributed by atoms with Gasteiger partial charge in [0.1, 0.15) is 12.4 Å². The minimum absolute atomic E-state index is 0.0400. The Morgan fingerprint density at radius 2 is 2.39 bits per heavy atom. The quantitative estimate of drug-likeness (QED) is 0.829. The van der Waals surface area contributed by atoms with Crippen molar-refractivity contribution in [2.24, 2.45) is 16.8 Å². The summed E-state index contributed by atoms with van der Waals surface area (Å²) in [5.41, 5.74) is 9.76. The Bertz CT molecular complexity index is 471. The van der Waals surface area contributed by atoms with E-state index < -0.39 is 0 Å². The number of nitrogens with one attached hydrogen (secondary N) is 1. The molecule has 0 aliphatic carbocycles. The minimum Gasteiger partial charge on any atom is -0.492 e. The number of nitrogens with zero attached hydrogens (tertiary/aromatic N) is 1. The zero-order chi connectivity index (χ0) is 13.0. The molecular weight excluding hydrogens is 230 g/mol. The third-order valence-corrected chi connectivity index (χ3v) is 2.78. The van der Waals surface area contributed by atoms with Crippen molar-refractivity contribution in [1.82, 2.24) is 5.43 Å². The standard InChI is InChI=1S/C13H17N3O2/c1-9-7-12(17)15-16-13(9)10-3-2-4-11(8-10)18-6-5-14/h2-4,8-9H,5-7,14H2,1H3,(H,15,17). The number of hydrogen-bond acceptors (Lipinski definition) is 4. The maximum Gasteiger partial charge on any atom is 0.240 e. The van der Waals surface area contributed by atoms with Gasteiger partial charge in [0.05, 0.1) is 5.71 Å². The highest BCUT2D eigenvalue weighted by Gasteiger charge is 2.21. The maximum absolute atomic E-state index is 11.2. The van der Waals surface area contributed by atoms with Crippen molar-refractivity contribution in [2.75, 3.05) is 13.2 Å². The molecule has 0 fully saturated rings. The van der Waals surface area contributed by atoms with E-state index in [-0.39, 0.29) is 11.8 Å². The van der Waals surface area contributed by atoms with E-state index in [1.54, 1.807) is 0 Å². The summed E-state index contributed by atoms with van der Waals surface area (Å²) in [6.45, 7) is 2.96. The molecule has 1 amide bonds. The number of carbonyl (C=O) groups is 1. The van der Waals surface area contributed by atoms with Crippen LogP contribution >= 0.6 is 0 Å². The Kier molecular flexibility index (Phi) is 3.94. The number of rotatable bonds is 4. The van der Waals surface area contributed by atoms with Crippen LogP contribution in [0.4, 0.5) is 0 Å². The molecule has 1 aromatic carbocycles. The van der Waals surface area contributed by atoms with Gasteiger partial charge in [-0.2, -0.15) is 5.10 Å². The Hall–Kier alpha value is -1.88. The fraction of sp³-hybridized carbons (Fsp3) is 0.385. The summed E-state index contributed by atoms with van der Waals surface area (Å²) in [5, 5.41) is 4.12. The van der Waals surface area contributed by atoms with E-state index in [2.05, 4.69) is 10.5 Å². The second-order valence-corrected chi connectivity index (χ2v) is 4.30. The minimum atomic E-state index is -0.0400. The molecule has 0 aromatic heterocycles. The smallest absolute Gasteiger partial charge is 0.240 e. The van der Waals surface area contributed by atoms with Crippen molar-refractivity contribution in [3.63, 3.8) is 0 Å². The zero-order valence-corrected chi connectivity index (χ0v) is 10.3. The molecule has 3 N–H and O–H groups in total. The molecule has 0 saturated carbocycles. The molecule has 18 heavy (non-hydrogen) atoms. The van der Waals surface area contributed by atoms with Crippen LogP contribution in [0.25, 0.3) is 0 Å². The summed E-state index contributed by atoms with van der Waals surface area (Å²) in [6.07, 6.45) is 0.465. The Balaban J connectivity index is 2.20. The first-order valence-electron chi connectivity index (χ1n) is 6.00. The molecule has 1 aliphatic rings. The second-order valence-electron chi connectivity index (χ2n) is 4.30. The first-order valence-corrected chi connectivity index (χ1v) is 6.00. The molecule has 1 heterocycles. The summed E-state index contributed by atoms with van der Waals surface area (Å²) in [7, 11) is 0. The number of hydrogen-bond donors (Lipinski definition) is 2. The molecule has 0 radical (unpaired) electrons. The van der Waals surface area contributed by atoms with Crippen molar-refractivity contribution in [3.8, 4) is 5.75 Å². The largest absolute Gasteiger partial charge is 0.492 e. The monoisotopic (exact) mass is 247 g/mol. The van der Waals surface area contributed by atoms with Gasteiger partial charge in [-0.3, -0.25) is 4.79 Å². The molecule has 1 unspecified atom stereocenters. The number of amides is 1. The van der Waals surface area contributed by atoms with Gasteiger partial charge in [-0.15, -0.1) is 0 Å². The normalized spacial score (nSPS) is 19.1. The van der Waals surface area contributed by atoms with Crippen molar-refractivity contribution in [3.05, 3.63) is 29.8 Å². The zero-order valence-electron chi connectivity index (χ0n) is 10.3. The van der Waals surface area contributed by atoms with Crippen LogP contribution in [0.15, 0.2) is 29.4 Å². The lowest BCUT2D eigenvalue weighted by Gasteiger charge is -2.19. The van der Waals surface area contributed by atoms with Crippen LogP contribution < -0.4 is 15.9 Å². The molecule has 1 aromatic rings. The highest BCUT2D eigenvalue weighted by Crippen LogP contribution is 2.20. The van der Waals surface area contributed by atoms with Gasteiger partial charge in [0.2, 0.25) is 5.91 Å². The fourth-order valence-electron chi connectivity index (χ4n) is 1.92. The molecule has 0 bridgehead atoms. The van der Waals surface area contributed by atoms with Crippen molar-refractivity contribution >= 4 is 11.6 Å². The lowest BCUT2D eigenvalue weighted by Crippen LogP contribution is -2.31. The van der Waals surface area contributed by atoms with Crippen molar-refractivity contribution in [1.29, 1.82) is 0 Å². The van der Waals surface area contributed by atoms with Gasteiger partial charge < -0.3 is 10.5 Å². The fourth-order valence-corrected chi connectivity index (χ4v) is 1.92. The van der Waals surface area contributed by atoms with E-state index in [1.807, 2.05) is 31.2 Å². The first-order chi connectivity index (χ1) is 8.70. The molecule has 1 aliphatic heterocycles. The van der Waals surface area contributed by atoms with Crippen LogP contribution in [0.5, 0.6) is 5.75 Å². The number of carbonyl (C=O) groups excluding carboxylic acids is 1. The maximum atomic E-state index is 11.2. The highest BCUT2D eigenvalue weighted by atomic mass is 16.5. The SMILES string of the molecule is CC1CC(=O)NN=C1c1cccc(OCCN)c1. The third kappa shape index (κ3) is 2.87. The lowest BCUT2D eigenvalue weighted by atomic mass is 9.94. The van der Waals surface area contributed by atoms with Crippen LogP contribution in [0.3, 0.4) is 0 Å². The molecule has 5 heteroatoms. The Labute approximate surface area is 106 Å². The topological polar surface area (TPSA) is 76.7 Å². The van der Waals surface area contributed by atoms with Crippen LogP contribution in [0, 0.1) is 5.92 Å². The summed E-state index contributed by atoms with van der Waals surface area (Å²) >= 11 is 0. The molecule has 96 valence electrons. The third-order valence-electron chi connectivity index (χ3n) is 2.78. The number of nitrogens with two attached hydrogens (primary N) is 1. The second kappa shape index (κ2) is 5.64. The number of benzene rings is 1. The average Bonchev–Trinajstić information content (AvgIpc) is 2.36. The summed E-state index contributed by atoms with van der Waals surface area (Å²) in [5.74, 6) is 0.843. The van der Waals surface area contributed by atoms with Crippen LogP contribution in [-0.2, 0) is 4.79 Å². The molecule has 0 spiro atoms. The van der Waals surface area contributed by atoms with Crippen molar-refractivity contribution in [2.45, 2.75) is 13.3 Å². The van der Waals surface area contributed by atoms with Gasteiger partial charge in [0.15, 0.2) is 0 Å². The highest BCUT2D eigenvalue weighted by molar-refractivity contribution is 6.05. The summed E-state index contributed by atoms with van der Waals surface area (Å²) in [6, 6.07) is 7.67. The number of ether oxygens (including phenoxy) is 1. The van der Waals surface area contributed by atoms with Gasteiger partial charge in [-0.1, -0.05) is 19.1 Å². The first kappa shape index (κ1) is 12.6. The van der Waals surface area contributed by atoms with E-state index in [1.165, 1.54) is 0 Å². The van der Waals surface area contributed by atoms with Crippen LogP contribution in [0.1, 0.15) is 18.9 Å². The van der Waals surface area contributed by atoms with Crippen LogP contribution in [0.2, 0.25) is 0 Å². The summed E-state index contributed by atoms with van der Waals surface area (Å²) < 4.78 is 5.48. The van der Waals surface area contributed by atoms with Gasteiger partial charge >= 0.3 is 0 Å². The van der Waals surface area contributed by atoms with E-state index in [0.717, 1.165) is 17.0 Å². The molecule has 0 saturated heterocycles. The van der Waals surface area contributed by atoms with Gasteiger partial charge in [0.25, 0.3) is 0 Å². The lowest BCUT2D eigenvalue weighted by molar-refractivity contribution is -0.121. The predicted octanol–water partition coefficient (Wildman–Crippen LogP) is 0.884. The van der Waals surface area contributed by atoms with Crippen LogP contribution in [-0.4, -0.2) is 24.8 Å². The Morgan fingerprint density at radius 3 is 3.11 bits per heavy atom. The Morgan fingerprint density at radius 1 is 1.56 bits per heavy atom. The van der Waals surface area contributed by atoms with E-state index in [9.17, 15) is 4.79 Å². The molecule has 1 atom stereocenters. The average molecular weight is 247 g/mol. The van der Waals surface area contributed by atoms with Crippen molar-refractivity contribution < 1.29 is 9.53 Å². The van der Waals surface area contributed by atoms with Gasteiger partial charge in [-0.25, -0.2) is 5.43 Å². The predicted molar refractivity (Wildman–Crippen MR) is 69.5 cm³/mol. The van der Waals surface area contributed by atoms with E-state index in [0.29, 0.717) is 19.6 Å². The van der Waals surface area contributed by atoms with Gasteiger partial charge in [-0.05, 0) is 12.1 Å². The number of hydrazone groups is 1. The van der Waals surface area contributed by atoms with E-state index >= 15 is 0 Å². The molecule has 2 rings (SSSR count). The molecular formula is C13H17N3O2. The summed E-state index contributed by atoms with van der Waals surface area (Å²) in [4.78, 5) is 11.2. The van der Waals surface area contributed by atoms with E-state index in [4.69, 9.17) is 10.5 Å².